The first-order valence-corrected chi connectivity index (χ1v) is 7.20. The zero-order valence-corrected chi connectivity index (χ0v) is 11.6. The first-order chi connectivity index (χ1) is 9.16. The molecule has 0 radical (unpaired) electrons. The van der Waals surface area contributed by atoms with E-state index in [1.165, 1.54) is 29.5 Å². The van der Waals surface area contributed by atoms with Gasteiger partial charge in [0, 0.05) is 11.8 Å². The van der Waals surface area contributed by atoms with Crippen LogP contribution in [0.1, 0.15) is 37.3 Å². The second-order valence-electron chi connectivity index (χ2n) is 6.65. The number of hydrogen-bond acceptors (Lipinski definition) is 1. The monoisotopic (exact) mass is 249 g/mol. The van der Waals surface area contributed by atoms with Gasteiger partial charge in [-0.1, -0.05) is 44.2 Å². The van der Waals surface area contributed by atoms with Crippen LogP contribution < -0.4 is 0 Å². The summed E-state index contributed by atoms with van der Waals surface area (Å²) >= 11 is 0. The van der Waals surface area contributed by atoms with Gasteiger partial charge in [0.15, 0.2) is 0 Å². The van der Waals surface area contributed by atoms with E-state index >= 15 is 0 Å². The Morgan fingerprint density at radius 2 is 1.95 bits per heavy atom. The van der Waals surface area contributed by atoms with Gasteiger partial charge >= 0.3 is 0 Å². The Bertz CT molecular complexity index is 627. The first kappa shape index (κ1) is 11.2. The normalized spacial score (nSPS) is 26.4. The second-order valence-corrected chi connectivity index (χ2v) is 6.65. The Morgan fingerprint density at radius 1 is 1.16 bits per heavy atom. The molecule has 1 saturated carbocycles. The molecule has 1 aromatic carbocycles. The maximum absolute atomic E-state index is 4.70. The standard InChI is InChI=1S/C18H19N/c1-18(2)14-8-13-9-17(12-6-4-3-5-7-12)19-11-15(13)16(18)10-14/h3-7,9,11,14,16H,8,10H2,1-2H3/t14-,16+/m1/s1. The van der Waals surface area contributed by atoms with E-state index in [1.807, 2.05) is 0 Å². The zero-order valence-electron chi connectivity index (χ0n) is 11.6. The lowest BCUT2D eigenvalue weighted by molar-refractivity contribution is 0.0183. The SMILES string of the molecule is CC1(C)[C@@H]2Cc3cc(-c4ccccc4)ncc3[C@@H]1C2. The van der Waals surface area contributed by atoms with Gasteiger partial charge in [-0.15, -0.1) is 0 Å². The minimum atomic E-state index is 0.489. The van der Waals surface area contributed by atoms with Crippen LogP contribution in [0.4, 0.5) is 0 Å². The smallest absolute Gasteiger partial charge is 0.0704 e. The fourth-order valence-corrected chi connectivity index (χ4v) is 3.92. The first-order valence-electron chi connectivity index (χ1n) is 7.20. The van der Waals surface area contributed by atoms with Gasteiger partial charge in [0.05, 0.1) is 5.69 Å². The average Bonchev–Trinajstić information content (AvgIpc) is 2.46. The molecule has 0 spiro atoms. The number of aromatic nitrogens is 1. The van der Waals surface area contributed by atoms with Gasteiger partial charge in [-0.3, -0.25) is 4.98 Å². The van der Waals surface area contributed by atoms with Crippen LogP contribution in [-0.4, -0.2) is 4.98 Å². The lowest BCUT2D eigenvalue weighted by Crippen LogP contribution is -2.48. The van der Waals surface area contributed by atoms with Crippen LogP contribution >= 0.6 is 0 Å². The summed E-state index contributed by atoms with van der Waals surface area (Å²) in [4.78, 5) is 4.70. The van der Waals surface area contributed by atoms with Crippen molar-refractivity contribution in [2.24, 2.45) is 11.3 Å². The fourth-order valence-electron chi connectivity index (χ4n) is 3.92. The van der Waals surface area contributed by atoms with E-state index in [9.17, 15) is 0 Å². The Labute approximate surface area is 114 Å². The molecule has 0 aliphatic heterocycles. The Kier molecular flexibility index (Phi) is 2.18. The summed E-state index contributed by atoms with van der Waals surface area (Å²) in [5.41, 5.74) is 5.88. The van der Waals surface area contributed by atoms with Gasteiger partial charge in [-0.25, -0.2) is 0 Å². The largest absolute Gasteiger partial charge is 0.256 e. The van der Waals surface area contributed by atoms with Gasteiger partial charge in [0.1, 0.15) is 0 Å². The summed E-state index contributed by atoms with van der Waals surface area (Å²) in [6, 6.07) is 12.8. The summed E-state index contributed by atoms with van der Waals surface area (Å²) in [6.07, 6.45) is 4.74. The Hall–Kier alpha value is -1.63. The van der Waals surface area contributed by atoms with E-state index in [0.29, 0.717) is 5.41 Å². The third kappa shape index (κ3) is 1.51. The molecule has 0 saturated heterocycles. The van der Waals surface area contributed by atoms with Crippen molar-refractivity contribution in [3.05, 3.63) is 53.7 Å². The molecule has 2 bridgehead atoms. The van der Waals surface area contributed by atoms with E-state index in [0.717, 1.165) is 17.5 Å². The van der Waals surface area contributed by atoms with Gasteiger partial charge in [-0.05, 0) is 47.3 Å². The molecule has 0 unspecified atom stereocenters. The summed E-state index contributed by atoms with van der Waals surface area (Å²) in [6.45, 7) is 4.83. The third-order valence-electron chi connectivity index (χ3n) is 5.41. The highest BCUT2D eigenvalue weighted by molar-refractivity contribution is 5.61. The molecule has 1 nitrogen and oxygen atoms in total. The number of pyridine rings is 1. The van der Waals surface area contributed by atoms with Crippen LogP contribution in [0.2, 0.25) is 0 Å². The lowest BCUT2D eigenvalue weighted by Gasteiger charge is -2.57. The minimum Gasteiger partial charge on any atom is -0.256 e. The summed E-state index contributed by atoms with van der Waals surface area (Å²) in [5.74, 6) is 1.61. The van der Waals surface area contributed by atoms with Gasteiger partial charge in [0.25, 0.3) is 0 Å². The highest BCUT2D eigenvalue weighted by Crippen LogP contribution is 2.62. The van der Waals surface area contributed by atoms with E-state index in [4.69, 9.17) is 4.98 Å². The molecule has 2 aromatic rings. The number of hydrogen-bond donors (Lipinski definition) is 0. The van der Waals surface area contributed by atoms with E-state index in [1.54, 1.807) is 0 Å². The molecule has 0 amide bonds. The third-order valence-corrected chi connectivity index (χ3v) is 5.41. The molecule has 1 fully saturated rings. The van der Waals surface area contributed by atoms with E-state index in [2.05, 4.69) is 56.4 Å². The van der Waals surface area contributed by atoms with Crippen molar-refractivity contribution in [1.82, 2.24) is 4.98 Å². The van der Waals surface area contributed by atoms with Crippen molar-refractivity contribution >= 4 is 0 Å². The molecule has 1 heteroatoms. The molecule has 3 aliphatic carbocycles. The molecule has 96 valence electrons. The highest BCUT2D eigenvalue weighted by atomic mass is 14.7. The maximum atomic E-state index is 4.70. The van der Waals surface area contributed by atoms with E-state index in [-0.39, 0.29) is 0 Å². The lowest BCUT2D eigenvalue weighted by atomic mass is 9.47. The molecule has 3 aliphatic rings. The number of rotatable bonds is 1. The van der Waals surface area contributed by atoms with Crippen molar-refractivity contribution < 1.29 is 0 Å². The number of benzene rings is 1. The van der Waals surface area contributed by atoms with Crippen LogP contribution in [0, 0.1) is 11.3 Å². The topological polar surface area (TPSA) is 12.9 Å². The molecule has 19 heavy (non-hydrogen) atoms. The van der Waals surface area contributed by atoms with Crippen molar-refractivity contribution in [2.75, 3.05) is 0 Å². The van der Waals surface area contributed by atoms with E-state index < -0.39 is 0 Å². The van der Waals surface area contributed by atoms with Gasteiger partial charge < -0.3 is 0 Å². The zero-order chi connectivity index (χ0) is 13.0. The molecular weight excluding hydrogens is 230 g/mol. The average molecular weight is 249 g/mol. The highest BCUT2D eigenvalue weighted by Gasteiger charge is 2.52. The van der Waals surface area contributed by atoms with Gasteiger partial charge in [-0.2, -0.15) is 0 Å². The Morgan fingerprint density at radius 3 is 2.68 bits per heavy atom. The van der Waals surface area contributed by atoms with Crippen molar-refractivity contribution in [3.8, 4) is 11.3 Å². The Balaban J connectivity index is 1.78. The quantitative estimate of drug-likeness (QED) is 0.728. The summed E-state index contributed by atoms with van der Waals surface area (Å²) in [5, 5.41) is 0. The van der Waals surface area contributed by atoms with Crippen molar-refractivity contribution in [1.29, 1.82) is 0 Å². The molecule has 0 N–H and O–H groups in total. The molecule has 2 atom stereocenters. The van der Waals surface area contributed by atoms with Crippen molar-refractivity contribution in [3.63, 3.8) is 0 Å². The second kappa shape index (κ2) is 3.69. The van der Waals surface area contributed by atoms with Gasteiger partial charge in [0.2, 0.25) is 0 Å². The fraction of sp³-hybridized carbons (Fsp3) is 0.389. The van der Waals surface area contributed by atoms with Crippen molar-refractivity contribution in [2.45, 2.75) is 32.6 Å². The van der Waals surface area contributed by atoms with Crippen LogP contribution in [-0.2, 0) is 6.42 Å². The van der Waals surface area contributed by atoms with Crippen LogP contribution in [0.15, 0.2) is 42.6 Å². The maximum Gasteiger partial charge on any atom is 0.0704 e. The summed E-state index contributed by atoms with van der Waals surface area (Å²) in [7, 11) is 0. The predicted octanol–water partition coefficient (Wildman–Crippen LogP) is 4.43. The predicted molar refractivity (Wildman–Crippen MR) is 78.0 cm³/mol. The molecule has 1 heterocycles. The molecule has 1 aromatic heterocycles. The molecule has 5 rings (SSSR count). The molecular formula is C18H19N. The number of nitrogens with zero attached hydrogens (tertiary/aromatic N) is 1. The summed E-state index contributed by atoms with van der Waals surface area (Å²) < 4.78 is 0. The van der Waals surface area contributed by atoms with Crippen LogP contribution in [0.25, 0.3) is 11.3 Å². The van der Waals surface area contributed by atoms with Crippen LogP contribution in [0.3, 0.4) is 0 Å². The minimum absolute atomic E-state index is 0.489. The van der Waals surface area contributed by atoms with Crippen LogP contribution in [0.5, 0.6) is 0 Å².